The Morgan fingerprint density at radius 2 is 1.70 bits per heavy atom. The first-order valence-electron chi connectivity index (χ1n) is 12.4. The van der Waals surface area contributed by atoms with Gasteiger partial charge in [0.15, 0.2) is 11.5 Å². The van der Waals surface area contributed by atoms with E-state index in [0.717, 1.165) is 0 Å². The van der Waals surface area contributed by atoms with E-state index in [2.05, 4.69) is 26.8 Å². The highest BCUT2D eigenvalue weighted by molar-refractivity contribution is 7.41. The molecule has 2 atom stereocenters. The summed E-state index contributed by atoms with van der Waals surface area (Å²) in [7, 11) is -2.09. The van der Waals surface area contributed by atoms with E-state index in [1.54, 1.807) is 46.1 Å². The monoisotopic (exact) mass is 575 g/mol. The Bertz CT molecular complexity index is 1290. The van der Waals surface area contributed by atoms with Gasteiger partial charge in [-0.1, -0.05) is 0 Å². The van der Waals surface area contributed by atoms with Gasteiger partial charge < -0.3 is 24.5 Å². The number of hydrogen-bond donors (Lipinski definition) is 1. The average molecular weight is 576 g/mol. The van der Waals surface area contributed by atoms with Crippen molar-refractivity contribution in [3.63, 3.8) is 0 Å². The fourth-order valence-electron chi connectivity index (χ4n) is 3.41. The first-order valence-corrected chi connectivity index (χ1v) is 13.5. The molecule has 40 heavy (non-hydrogen) atoms. The second-order valence-electron chi connectivity index (χ2n) is 10.9. The minimum Gasteiger partial charge on any atom is -0.438 e. The van der Waals surface area contributed by atoms with Crippen molar-refractivity contribution in [1.82, 2.24) is 19.5 Å². The maximum absolute atomic E-state index is 12.1. The first-order chi connectivity index (χ1) is 18.7. The lowest BCUT2D eigenvalue weighted by Crippen LogP contribution is -2.32. The van der Waals surface area contributed by atoms with Crippen molar-refractivity contribution in [3.05, 3.63) is 12.2 Å². The summed E-state index contributed by atoms with van der Waals surface area (Å²) < 4.78 is 34.9. The number of ether oxygens (including phenoxy) is 3. The van der Waals surface area contributed by atoms with Gasteiger partial charge in [-0.3, -0.25) is 23.2 Å². The third-order valence-corrected chi connectivity index (χ3v) is 6.61. The van der Waals surface area contributed by atoms with E-state index in [1.807, 2.05) is 0 Å². The molecule has 2 N–H and O–H groups in total. The Hall–Kier alpha value is -3.32. The summed E-state index contributed by atoms with van der Waals surface area (Å²) in [5.74, 6) is 4.33. The molecule has 216 valence electrons. The average Bonchev–Trinajstić information content (AvgIpc) is 3.50. The van der Waals surface area contributed by atoms with Crippen LogP contribution in [0, 0.1) is 35.5 Å². The van der Waals surface area contributed by atoms with E-state index in [9.17, 15) is 9.59 Å². The quantitative estimate of drug-likeness (QED) is 0.191. The number of imidazole rings is 1. The van der Waals surface area contributed by atoms with E-state index in [1.165, 1.54) is 6.33 Å². The normalized spacial score (nSPS) is 19.4. The topological polar surface area (TPSA) is 159 Å². The standard InChI is InChI=1S/C26H34N5O8P/c1-9-18-29-20(27)19-21(30-18)31(14-28-19)26(10-2)12-11-17(39-26)13-36-40(37-15-34-22(32)24(3,4)5)38-16-35-23(33)25(6,7)8/h1-2,14,17H,11-13,15-16H2,3-8H3,(H2,27,29,30). The Kier molecular flexibility index (Phi) is 9.72. The van der Waals surface area contributed by atoms with Gasteiger partial charge >= 0.3 is 20.5 Å². The number of carbonyl (C=O) groups excluding carboxylic acids is 2. The number of nitrogens with zero attached hydrogens (tertiary/aromatic N) is 4. The molecule has 1 fully saturated rings. The van der Waals surface area contributed by atoms with Crippen molar-refractivity contribution in [3.8, 4) is 24.7 Å². The van der Waals surface area contributed by atoms with Crippen molar-refractivity contribution in [2.75, 3.05) is 25.9 Å². The van der Waals surface area contributed by atoms with Crippen LogP contribution >= 0.6 is 8.60 Å². The second kappa shape index (κ2) is 12.5. The van der Waals surface area contributed by atoms with E-state index in [-0.39, 0.29) is 18.2 Å². The van der Waals surface area contributed by atoms with Gasteiger partial charge in [-0.25, -0.2) is 15.0 Å². The van der Waals surface area contributed by atoms with Crippen LogP contribution in [-0.2, 0) is 43.1 Å². The summed E-state index contributed by atoms with van der Waals surface area (Å²) in [6.07, 6.45) is 13.3. The lowest BCUT2D eigenvalue weighted by atomic mass is 9.98. The predicted octanol–water partition coefficient (Wildman–Crippen LogP) is 3.23. The molecule has 1 aliphatic rings. The van der Waals surface area contributed by atoms with Gasteiger partial charge in [0.05, 0.1) is 23.5 Å². The maximum Gasteiger partial charge on any atom is 0.338 e. The Morgan fingerprint density at radius 1 is 1.10 bits per heavy atom. The van der Waals surface area contributed by atoms with Crippen LogP contribution in [0.15, 0.2) is 6.33 Å². The molecule has 0 saturated carbocycles. The molecule has 14 heteroatoms. The van der Waals surface area contributed by atoms with Crippen LogP contribution in [0.2, 0.25) is 0 Å². The lowest BCUT2D eigenvalue weighted by Gasteiger charge is -2.26. The molecule has 0 radical (unpaired) electrons. The highest BCUT2D eigenvalue weighted by Gasteiger charge is 2.42. The van der Waals surface area contributed by atoms with E-state index < -0.39 is 56.8 Å². The van der Waals surface area contributed by atoms with Gasteiger partial charge in [-0.2, -0.15) is 0 Å². The van der Waals surface area contributed by atoms with Crippen LogP contribution in [0.4, 0.5) is 5.82 Å². The summed E-state index contributed by atoms with van der Waals surface area (Å²) in [6, 6.07) is 0. The summed E-state index contributed by atoms with van der Waals surface area (Å²) in [4.78, 5) is 36.8. The molecular formula is C26H34N5O8P. The fraction of sp³-hybridized carbons (Fsp3) is 0.577. The van der Waals surface area contributed by atoms with E-state index >= 15 is 0 Å². The zero-order valence-corrected chi connectivity index (χ0v) is 24.3. The molecule has 0 spiro atoms. The van der Waals surface area contributed by atoms with Crippen LogP contribution in [-0.4, -0.2) is 57.8 Å². The molecule has 3 heterocycles. The largest absolute Gasteiger partial charge is 0.438 e. The number of esters is 2. The molecule has 0 bridgehead atoms. The maximum atomic E-state index is 12.1. The van der Waals surface area contributed by atoms with Gasteiger partial charge in [-0.05, 0) is 59.8 Å². The van der Waals surface area contributed by atoms with Crippen LogP contribution in [0.5, 0.6) is 0 Å². The molecule has 2 aromatic rings. The fourth-order valence-corrected chi connectivity index (χ4v) is 4.19. The van der Waals surface area contributed by atoms with Crippen molar-refractivity contribution in [2.45, 2.75) is 66.2 Å². The molecule has 0 amide bonds. The minimum atomic E-state index is -2.09. The molecule has 1 aliphatic heterocycles. The van der Waals surface area contributed by atoms with Crippen LogP contribution in [0.25, 0.3) is 11.2 Å². The highest BCUT2D eigenvalue weighted by Crippen LogP contribution is 2.43. The number of aromatic nitrogens is 4. The number of nitrogens with two attached hydrogens (primary N) is 1. The number of carbonyl (C=O) groups is 2. The number of fused-ring (bicyclic) bond motifs is 1. The second-order valence-corrected chi connectivity index (χ2v) is 12.2. The van der Waals surface area contributed by atoms with E-state index in [4.69, 9.17) is 46.4 Å². The van der Waals surface area contributed by atoms with Gasteiger partial charge in [-0.15, -0.1) is 12.8 Å². The zero-order valence-electron chi connectivity index (χ0n) is 23.4. The number of rotatable bonds is 10. The SMILES string of the molecule is C#Cc1nc(N)c2ncn(C3(C#C)CCC(COP(OCOC(=O)C(C)(C)C)OCOC(=O)C(C)(C)C)O3)c2n1. The van der Waals surface area contributed by atoms with Crippen LogP contribution < -0.4 is 5.73 Å². The number of nitrogen functional groups attached to an aromatic ring is 1. The van der Waals surface area contributed by atoms with Crippen LogP contribution in [0.1, 0.15) is 60.2 Å². The molecule has 0 aliphatic carbocycles. The van der Waals surface area contributed by atoms with Crippen LogP contribution in [0.3, 0.4) is 0 Å². The number of terminal acetylenes is 2. The molecule has 0 aromatic carbocycles. The molecular weight excluding hydrogens is 541 g/mol. The molecule has 1 saturated heterocycles. The van der Waals surface area contributed by atoms with Crippen molar-refractivity contribution < 1.29 is 37.4 Å². The Labute approximate surface area is 234 Å². The minimum absolute atomic E-state index is 0.00886. The zero-order chi connectivity index (χ0) is 29.7. The molecule has 13 nitrogen and oxygen atoms in total. The van der Waals surface area contributed by atoms with Crippen molar-refractivity contribution >= 4 is 37.5 Å². The van der Waals surface area contributed by atoms with Gasteiger partial charge in [0, 0.05) is 6.42 Å². The van der Waals surface area contributed by atoms with Gasteiger partial charge in [0.1, 0.15) is 11.8 Å². The van der Waals surface area contributed by atoms with Gasteiger partial charge in [0.25, 0.3) is 0 Å². The molecule has 2 aromatic heterocycles. The lowest BCUT2D eigenvalue weighted by molar-refractivity contribution is -0.162. The summed E-state index contributed by atoms with van der Waals surface area (Å²) in [5, 5.41) is 0. The highest BCUT2D eigenvalue weighted by atomic mass is 31.2. The number of hydrogen-bond acceptors (Lipinski definition) is 12. The Morgan fingerprint density at radius 3 is 2.23 bits per heavy atom. The summed E-state index contributed by atoms with van der Waals surface area (Å²) >= 11 is 0. The predicted molar refractivity (Wildman–Crippen MR) is 144 cm³/mol. The molecule has 3 rings (SSSR count). The van der Waals surface area contributed by atoms with Crippen molar-refractivity contribution in [1.29, 1.82) is 0 Å². The van der Waals surface area contributed by atoms with E-state index in [0.29, 0.717) is 24.0 Å². The van der Waals surface area contributed by atoms with Gasteiger partial charge in [0.2, 0.25) is 25.1 Å². The summed E-state index contributed by atoms with van der Waals surface area (Å²) in [6.45, 7) is 9.44. The third kappa shape index (κ3) is 7.45. The number of anilines is 1. The summed E-state index contributed by atoms with van der Waals surface area (Å²) in [5.41, 5.74) is 3.99. The smallest absolute Gasteiger partial charge is 0.338 e. The molecule has 2 unspecified atom stereocenters. The van der Waals surface area contributed by atoms with Crippen molar-refractivity contribution in [2.24, 2.45) is 10.8 Å². The third-order valence-electron chi connectivity index (χ3n) is 5.62. The first kappa shape index (κ1) is 31.2. The Balaban J connectivity index is 1.67.